The number of nitrogens with zero attached hydrogens (tertiary/aromatic N) is 1. The van der Waals surface area contributed by atoms with E-state index >= 15 is 0 Å². The molecule has 0 saturated carbocycles. The van der Waals surface area contributed by atoms with Gasteiger partial charge in [-0.1, -0.05) is 12.1 Å². The average molecular weight is 258 g/mol. The van der Waals surface area contributed by atoms with Crippen molar-refractivity contribution in [2.24, 2.45) is 0 Å². The zero-order valence-corrected chi connectivity index (χ0v) is 8.75. The van der Waals surface area contributed by atoms with E-state index in [9.17, 15) is 22.4 Å². The van der Waals surface area contributed by atoms with Crippen molar-refractivity contribution in [3.05, 3.63) is 52.3 Å². The van der Waals surface area contributed by atoms with Crippen LogP contribution in [0, 0.1) is 5.82 Å². The highest BCUT2D eigenvalue weighted by Gasteiger charge is 2.34. The first kappa shape index (κ1) is 12.3. The Morgan fingerprint density at radius 2 is 1.89 bits per heavy atom. The standard InChI is InChI=1S/C11H6F4N2O/c12-7-3-1-2-6(4-7)8-5-9(18)17-10(16-8)11(13,14)15/h1-5H,(H,16,17,18). The minimum atomic E-state index is -4.76. The van der Waals surface area contributed by atoms with Gasteiger partial charge in [0.25, 0.3) is 5.56 Å². The molecule has 94 valence electrons. The van der Waals surface area contributed by atoms with Gasteiger partial charge in [0.1, 0.15) is 5.82 Å². The van der Waals surface area contributed by atoms with Crippen molar-refractivity contribution in [1.82, 2.24) is 9.97 Å². The summed E-state index contributed by atoms with van der Waals surface area (Å²) >= 11 is 0. The molecule has 0 spiro atoms. The topological polar surface area (TPSA) is 45.8 Å². The van der Waals surface area contributed by atoms with Crippen LogP contribution >= 0.6 is 0 Å². The lowest BCUT2D eigenvalue weighted by molar-refractivity contribution is -0.145. The molecule has 0 aliphatic rings. The van der Waals surface area contributed by atoms with Gasteiger partial charge in [0, 0.05) is 11.6 Å². The predicted octanol–water partition coefficient (Wildman–Crippen LogP) is 2.59. The van der Waals surface area contributed by atoms with Gasteiger partial charge in [0.2, 0.25) is 5.82 Å². The number of hydrogen-bond acceptors (Lipinski definition) is 2. The third-order valence-corrected chi connectivity index (χ3v) is 2.13. The fraction of sp³-hybridized carbons (Fsp3) is 0.0909. The summed E-state index contributed by atoms with van der Waals surface area (Å²) in [5.74, 6) is -2.03. The zero-order chi connectivity index (χ0) is 13.3. The first-order valence-electron chi connectivity index (χ1n) is 4.81. The number of benzene rings is 1. The Balaban J connectivity index is 2.59. The van der Waals surface area contributed by atoms with Gasteiger partial charge in [-0.2, -0.15) is 13.2 Å². The van der Waals surface area contributed by atoms with Gasteiger partial charge in [0.05, 0.1) is 5.69 Å². The Bertz CT molecular complexity index is 633. The molecule has 1 aromatic carbocycles. The monoisotopic (exact) mass is 258 g/mol. The summed E-state index contributed by atoms with van der Waals surface area (Å²) in [5.41, 5.74) is -1.08. The lowest BCUT2D eigenvalue weighted by Gasteiger charge is -2.07. The summed E-state index contributed by atoms with van der Waals surface area (Å²) in [6.45, 7) is 0. The molecule has 0 atom stereocenters. The molecule has 0 aliphatic carbocycles. The van der Waals surface area contributed by atoms with Crippen molar-refractivity contribution in [2.45, 2.75) is 6.18 Å². The van der Waals surface area contributed by atoms with Gasteiger partial charge in [-0.25, -0.2) is 9.37 Å². The van der Waals surface area contributed by atoms with E-state index in [0.717, 1.165) is 18.2 Å². The van der Waals surface area contributed by atoms with Crippen molar-refractivity contribution in [2.75, 3.05) is 0 Å². The number of H-pyrrole nitrogens is 1. The summed E-state index contributed by atoms with van der Waals surface area (Å²) in [6.07, 6.45) is -4.76. The number of alkyl halides is 3. The van der Waals surface area contributed by atoms with E-state index in [-0.39, 0.29) is 11.3 Å². The van der Waals surface area contributed by atoms with Gasteiger partial charge in [-0.05, 0) is 12.1 Å². The number of rotatable bonds is 1. The molecule has 0 aliphatic heterocycles. The molecule has 0 bridgehead atoms. The Hall–Kier alpha value is -2.18. The molecule has 0 radical (unpaired) electrons. The van der Waals surface area contributed by atoms with E-state index in [4.69, 9.17) is 0 Å². The quantitative estimate of drug-likeness (QED) is 0.799. The first-order chi connectivity index (χ1) is 8.36. The molecular formula is C11H6F4N2O. The van der Waals surface area contributed by atoms with Crippen LogP contribution in [0.5, 0.6) is 0 Å². The van der Waals surface area contributed by atoms with Crippen LogP contribution in [-0.4, -0.2) is 9.97 Å². The summed E-state index contributed by atoms with van der Waals surface area (Å²) in [7, 11) is 0. The highest BCUT2D eigenvalue weighted by atomic mass is 19.4. The van der Waals surface area contributed by atoms with E-state index in [1.807, 2.05) is 0 Å². The Morgan fingerprint density at radius 1 is 1.17 bits per heavy atom. The van der Waals surface area contributed by atoms with E-state index in [1.54, 1.807) is 4.98 Å². The molecule has 2 aromatic rings. The molecule has 2 rings (SSSR count). The third-order valence-electron chi connectivity index (χ3n) is 2.13. The fourth-order valence-corrected chi connectivity index (χ4v) is 1.39. The normalized spacial score (nSPS) is 11.6. The van der Waals surface area contributed by atoms with Gasteiger partial charge in [0.15, 0.2) is 0 Å². The predicted molar refractivity (Wildman–Crippen MR) is 55.3 cm³/mol. The molecule has 0 amide bonds. The minimum Gasteiger partial charge on any atom is -0.303 e. The van der Waals surface area contributed by atoms with E-state index < -0.39 is 23.4 Å². The lowest BCUT2D eigenvalue weighted by atomic mass is 10.1. The molecule has 3 nitrogen and oxygen atoms in total. The maximum atomic E-state index is 13.0. The molecule has 1 aromatic heterocycles. The summed E-state index contributed by atoms with van der Waals surface area (Å²) in [6, 6.07) is 5.71. The molecule has 1 N–H and O–H groups in total. The largest absolute Gasteiger partial charge is 0.449 e. The number of aromatic amines is 1. The fourth-order valence-electron chi connectivity index (χ4n) is 1.39. The Kier molecular flexibility index (Phi) is 2.90. The van der Waals surface area contributed by atoms with Crippen LogP contribution in [0.4, 0.5) is 17.6 Å². The third kappa shape index (κ3) is 2.55. The minimum absolute atomic E-state index is 0.103. The summed E-state index contributed by atoms with van der Waals surface area (Å²) < 4.78 is 50.3. The van der Waals surface area contributed by atoms with Crippen LogP contribution in [0.2, 0.25) is 0 Å². The van der Waals surface area contributed by atoms with Crippen LogP contribution in [0.15, 0.2) is 35.1 Å². The number of hydrogen-bond donors (Lipinski definition) is 1. The smallest absolute Gasteiger partial charge is 0.303 e. The second kappa shape index (κ2) is 4.25. The summed E-state index contributed by atoms with van der Waals surface area (Å²) in [5, 5.41) is 0. The number of aromatic nitrogens is 2. The van der Waals surface area contributed by atoms with Crippen LogP contribution in [-0.2, 0) is 6.18 Å². The molecule has 0 saturated heterocycles. The van der Waals surface area contributed by atoms with Crippen LogP contribution in [0.3, 0.4) is 0 Å². The molecule has 18 heavy (non-hydrogen) atoms. The highest BCUT2D eigenvalue weighted by Crippen LogP contribution is 2.26. The van der Waals surface area contributed by atoms with Crippen molar-refractivity contribution in [3.63, 3.8) is 0 Å². The average Bonchev–Trinajstić information content (AvgIpc) is 2.27. The number of halogens is 4. The Labute approximate surface area is 98.1 Å². The Morgan fingerprint density at radius 3 is 2.50 bits per heavy atom. The molecular weight excluding hydrogens is 252 g/mol. The van der Waals surface area contributed by atoms with E-state index in [1.165, 1.54) is 12.1 Å². The van der Waals surface area contributed by atoms with Crippen LogP contribution in [0.1, 0.15) is 5.82 Å². The zero-order valence-electron chi connectivity index (χ0n) is 8.75. The van der Waals surface area contributed by atoms with Gasteiger partial charge in [-0.15, -0.1) is 0 Å². The van der Waals surface area contributed by atoms with Crippen LogP contribution in [0.25, 0.3) is 11.3 Å². The number of nitrogens with one attached hydrogen (secondary N) is 1. The highest BCUT2D eigenvalue weighted by molar-refractivity contribution is 5.58. The molecule has 0 unspecified atom stereocenters. The molecule has 0 fully saturated rings. The van der Waals surface area contributed by atoms with Crippen molar-refractivity contribution < 1.29 is 17.6 Å². The molecule has 7 heteroatoms. The van der Waals surface area contributed by atoms with Crippen molar-refractivity contribution in [1.29, 1.82) is 0 Å². The SMILES string of the molecule is O=c1cc(-c2cccc(F)c2)nc(C(F)(F)F)[nH]1. The van der Waals surface area contributed by atoms with Crippen molar-refractivity contribution >= 4 is 0 Å². The van der Waals surface area contributed by atoms with E-state index in [2.05, 4.69) is 4.98 Å². The molecule has 1 heterocycles. The van der Waals surface area contributed by atoms with Crippen LogP contribution < -0.4 is 5.56 Å². The summed E-state index contributed by atoms with van der Waals surface area (Å²) in [4.78, 5) is 16.0. The second-order valence-corrected chi connectivity index (χ2v) is 3.49. The second-order valence-electron chi connectivity index (χ2n) is 3.49. The van der Waals surface area contributed by atoms with Crippen molar-refractivity contribution in [3.8, 4) is 11.3 Å². The van der Waals surface area contributed by atoms with Gasteiger partial charge >= 0.3 is 6.18 Å². The van der Waals surface area contributed by atoms with Gasteiger partial charge in [-0.3, -0.25) is 4.79 Å². The van der Waals surface area contributed by atoms with Gasteiger partial charge < -0.3 is 4.98 Å². The lowest BCUT2D eigenvalue weighted by Crippen LogP contribution is -2.18. The maximum Gasteiger partial charge on any atom is 0.449 e. The maximum absolute atomic E-state index is 13.0. The van der Waals surface area contributed by atoms with E-state index in [0.29, 0.717) is 0 Å². The first-order valence-corrected chi connectivity index (χ1v) is 4.81.